The average Bonchev–Trinajstić information content (AvgIpc) is 2.60. The van der Waals surface area contributed by atoms with Crippen LogP contribution in [0.5, 0.6) is 0 Å². The lowest BCUT2D eigenvalue weighted by molar-refractivity contribution is 1.06. The molecule has 0 fully saturated rings. The van der Waals surface area contributed by atoms with Crippen molar-refractivity contribution in [3.8, 4) is 0 Å². The number of nitrogens with zero attached hydrogens (tertiary/aromatic N) is 1. The number of hydrogen-bond donors (Lipinski definition) is 1. The molecule has 2 nitrogen and oxygen atoms in total. The van der Waals surface area contributed by atoms with Crippen molar-refractivity contribution in [2.24, 2.45) is 0 Å². The maximum Gasteiger partial charge on any atom is 0.166 e. The van der Waals surface area contributed by atoms with Gasteiger partial charge in [-0.3, -0.25) is 0 Å². The predicted octanol–water partition coefficient (Wildman–Crippen LogP) is 3.44. The van der Waals surface area contributed by atoms with Gasteiger partial charge in [-0.1, -0.05) is 39.8 Å². The number of imidazole rings is 1. The average molecular weight is 271 g/mol. The van der Waals surface area contributed by atoms with E-state index in [1.807, 2.05) is 18.2 Å². The first-order valence-corrected chi connectivity index (χ1v) is 6.64. The van der Waals surface area contributed by atoms with Gasteiger partial charge in [0.1, 0.15) is 0 Å². The smallest absolute Gasteiger partial charge is 0.166 e. The van der Waals surface area contributed by atoms with Gasteiger partial charge in [0.2, 0.25) is 0 Å². The van der Waals surface area contributed by atoms with Gasteiger partial charge in [-0.2, -0.15) is 0 Å². The third-order valence-corrected chi connectivity index (χ3v) is 3.40. The van der Waals surface area contributed by atoms with Gasteiger partial charge < -0.3 is 4.98 Å². The number of rotatable bonds is 4. The minimum atomic E-state index is 1.02. The molecule has 0 aliphatic heterocycles. The number of thioether (sulfide) groups is 1. The summed E-state index contributed by atoms with van der Waals surface area (Å²) in [5.41, 5.74) is 2.17. The minimum Gasteiger partial charge on any atom is -0.333 e. The Balaban J connectivity index is 2.11. The molecule has 0 spiro atoms. The molecule has 74 valence electrons. The Morgan fingerprint density at radius 2 is 2.21 bits per heavy atom. The fraction of sp³-hybridized carbons (Fsp3) is 0.300. The molecule has 0 atom stereocenters. The van der Waals surface area contributed by atoms with Crippen LogP contribution in [0, 0.1) is 0 Å². The number of alkyl halides is 1. The molecule has 1 heterocycles. The summed E-state index contributed by atoms with van der Waals surface area (Å²) in [5.74, 6) is 1.10. The normalized spacial score (nSPS) is 10.9. The van der Waals surface area contributed by atoms with E-state index in [4.69, 9.17) is 0 Å². The summed E-state index contributed by atoms with van der Waals surface area (Å²) in [7, 11) is 0. The lowest BCUT2D eigenvalue weighted by Gasteiger charge is -1.92. The van der Waals surface area contributed by atoms with Crippen LogP contribution in [0.25, 0.3) is 11.0 Å². The molecule has 4 heteroatoms. The molecule has 1 aromatic carbocycles. The highest BCUT2D eigenvalue weighted by Crippen LogP contribution is 2.19. The molecule has 1 aromatic heterocycles. The summed E-state index contributed by atoms with van der Waals surface area (Å²) < 4.78 is 0. The Labute approximate surface area is 95.6 Å². The number of benzene rings is 1. The van der Waals surface area contributed by atoms with Gasteiger partial charge in [0, 0.05) is 11.1 Å². The quantitative estimate of drug-likeness (QED) is 0.524. The van der Waals surface area contributed by atoms with Gasteiger partial charge in [0.15, 0.2) is 5.16 Å². The highest BCUT2D eigenvalue weighted by molar-refractivity contribution is 9.09. The number of hydrogen-bond acceptors (Lipinski definition) is 2. The van der Waals surface area contributed by atoms with Crippen LogP contribution < -0.4 is 0 Å². The van der Waals surface area contributed by atoms with E-state index in [-0.39, 0.29) is 0 Å². The second kappa shape index (κ2) is 4.84. The monoisotopic (exact) mass is 270 g/mol. The molecular weight excluding hydrogens is 260 g/mol. The molecule has 0 aliphatic carbocycles. The lowest BCUT2D eigenvalue weighted by Crippen LogP contribution is -1.81. The molecule has 0 saturated heterocycles. The van der Waals surface area contributed by atoms with Crippen LogP contribution in [0.3, 0.4) is 0 Å². The maximum atomic E-state index is 4.48. The van der Waals surface area contributed by atoms with Crippen molar-refractivity contribution in [1.29, 1.82) is 0 Å². The van der Waals surface area contributed by atoms with Gasteiger partial charge in [-0.25, -0.2) is 4.98 Å². The van der Waals surface area contributed by atoms with E-state index in [1.54, 1.807) is 11.8 Å². The van der Waals surface area contributed by atoms with Crippen LogP contribution >= 0.6 is 27.7 Å². The van der Waals surface area contributed by atoms with E-state index in [0.29, 0.717) is 0 Å². The van der Waals surface area contributed by atoms with Crippen molar-refractivity contribution < 1.29 is 0 Å². The summed E-state index contributed by atoms with van der Waals surface area (Å²) in [5, 5.41) is 2.08. The van der Waals surface area contributed by atoms with Crippen LogP contribution in [0.15, 0.2) is 29.4 Å². The number of fused-ring (bicyclic) bond motifs is 1. The number of halogens is 1. The molecule has 0 aliphatic rings. The predicted molar refractivity (Wildman–Crippen MR) is 65.2 cm³/mol. The first kappa shape index (κ1) is 10.1. The van der Waals surface area contributed by atoms with E-state index >= 15 is 0 Å². The van der Waals surface area contributed by atoms with Crippen molar-refractivity contribution >= 4 is 38.7 Å². The van der Waals surface area contributed by atoms with E-state index in [2.05, 4.69) is 32.0 Å². The van der Waals surface area contributed by atoms with Crippen LogP contribution in [0.1, 0.15) is 6.42 Å². The molecule has 0 unspecified atom stereocenters. The summed E-state index contributed by atoms with van der Waals surface area (Å²) in [4.78, 5) is 7.77. The highest BCUT2D eigenvalue weighted by atomic mass is 79.9. The number of aromatic amines is 1. The molecule has 0 radical (unpaired) electrons. The van der Waals surface area contributed by atoms with E-state index in [1.165, 1.54) is 6.42 Å². The molecule has 0 saturated carbocycles. The van der Waals surface area contributed by atoms with Crippen molar-refractivity contribution in [3.63, 3.8) is 0 Å². The fourth-order valence-corrected chi connectivity index (χ4v) is 2.70. The summed E-state index contributed by atoms with van der Waals surface area (Å²) in [6, 6.07) is 8.11. The molecule has 0 bridgehead atoms. The Kier molecular flexibility index (Phi) is 3.48. The first-order valence-electron chi connectivity index (χ1n) is 4.53. The van der Waals surface area contributed by atoms with Crippen molar-refractivity contribution in [1.82, 2.24) is 9.97 Å². The molecule has 14 heavy (non-hydrogen) atoms. The zero-order valence-corrected chi connectivity index (χ0v) is 10.1. The van der Waals surface area contributed by atoms with E-state index < -0.39 is 0 Å². The van der Waals surface area contributed by atoms with Gasteiger partial charge >= 0.3 is 0 Å². The zero-order valence-electron chi connectivity index (χ0n) is 7.66. The first-order chi connectivity index (χ1) is 6.90. The summed E-state index contributed by atoms with van der Waals surface area (Å²) in [6.45, 7) is 0. The lowest BCUT2D eigenvalue weighted by atomic mass is 10.3. The van der Waals surface area contributed by atoms with Crippen LogP contribution in [-0.4, -0.2) is 21.1 Å². The number of nitrogens with one attached hydrogen (secondary N) is 1. The Hall–Kier alpha value is -0.480. The van der Waals surface area contributed by atoms with Crippen molar-refractivity contribution in [3.05, 3.63) is 24.3 Å². The fourth-order valence-electron chi connectivity index (χ4n) is 1.22. The van der Waals surface area contributed by atoms with Crippen LogP contribution in [-0.2, 0) is 0 Å². The third kappa shape index (κ3) is 2.30. The minimum absolute atomic E-state index is 1.02. The van der Waals surface area contributed by atoms with Crippen LogP contribution in [0.2, 0.25) is 0 Å². The van der Waals surface area contributed by atoms with Gasteiger partial charge in [0.25, 0.3) is 0 Å². The van der Waals surface area contributed by atoms with E-state index in [9.17, 15) is 0 Å². The molecular formula is C10H11BrN2S. The zero-order chi connectivity index (χ0) is 9.80. The number of H-pyrrole nitrogens is 1. The standard InChI is InChI=1S/C10H11BrN2S/c11-6-3-7-14-10-12-8-4-1-2-5-9(8)13-10/h1-2,4-5H,3,6-7H2,(H,12,13). The largest absolute Gasteiger partial charge is 0.333 e. The third-order valence-electron chi connectivity index (χ3n) is 1.88. The Morgan fingerprint density at radius 3 is 3.00 bits per heavy atom. The van der Waals surface area contributed by atoms with Gasteiger partial charge in [0.05, 0.1) is 11.0 Å². The van der Waals surface area contributed by atoms with Gasteiger partial charge in [-0.05, 0) is 18.6 Å². The highest BCUT2D eigenvalue weighted by Gasteiger charge is 2.01. The number of aromatic nitrogens is 2. The topological polar surface area (TPSA) is 28.7 Å². The molecule has 2 rings (SSSR count). The SMILES string of the molecule is BrCCCSc1nc2ccccc2[nH]1. The van der Waals surface area contributed by atoms with E-state index in [0.717, 1.165) is 27.3 Å². The number of para-hydroxylation sites is 2. The Morgan fingerprint density at radius 1 is 1.36 bits per heavy atom. The molecule has 0 amide bonds. The summed E-state index contributed by atoms with van der Waals surface area (Å²) in [6.07, 6.45) is 1.17. The second-order valence-electron chi connectivity index (χ2n) is 2.95. The van der Waals surface area contributed by atoms with Gasteiger partial charge in [-0.15, -0.1) is 0 Å². The second-order valence-corrected chi connectivity index (χ2v) is 4.83. The molecule has 2 aromatic rings. The van der Waals surface area contributed by atoms with Crippen molar-refractivity contribution in [2.45, 2.75) is 11.6 Å². The van der Waals surface area contributed by atoms with Crippen LogP contribution in [0.4, 0.5) is 0 Å². The summed E-state index contributed by atoms with van der Waals surface area (Å²) >= 11 is 5.19. The molecule has 1 N–H and O–H groups in total. The Bertz CT molecular complexity index is 380. The van der Waals surface area contributed by atoms with Crippen molar-refractivity contribution in [2.75, 3.05) is 11.1 Å². The maximum absolute atomic E-state index is 4.48.